The fourth-order valence-electron chi connectivity index (χ4n) is 8.55. The third kappa shape index (κ3) is 70.5. The SMILES string of the molecule is CC(C)[PH+](C(C)C)C(C)C.CC(C)[PH+](C(C)C)C(C)C.CC(C)[PH+](C(C)C)C(C)C.CC[PH+](C(C)C)C(C)C.CC[PH+](CC)C(C)C.[ClH+][Cu].[ClH+][Cu].[Cu].[Cu].[Cu].[Nb].[SeH].[SeH].[Se].[Se]. The van der Waals surface area contributed by atoms with Crippen LogP contribution < -0.4 is 0 Å². The summed E-state index contributed by atoms with van der Waals surface area (Å²) >= 11 is 7.54. The van der Waals surface area contributed by atoms with Gasteiger partial charge in [-0.3, -0.25) is 0 Å². The van der Waals surface area contributed by atoms with Gasteiger partial charge in [-0.05, 0) is 187 Å². The Kier molecular flexibility index (Phi) is 133. The van der Waals surface area contributed by atoms with Crippen molar-refractivity contribution in [2.75, 3.05) is 18.5 Å². The fraction of sp³-hybridized carbons (Fsp3) is 1.00. The third-order valence-corrected chi connectivity index (χ3v) is 28.8. The summed E-state index contributed by atoms with van der Waals surface area (Å²) in [5.74, 6) is 0. The number of hydrogen-bond acceptors (Lipinski definition) is 0. The van der Waals surface area contributed by atoms with Crippen molar-refractivity contribution in [2.45, 2.75) is 255 Å². The Bertz CT molecular complexity index is 559. The van der Waals surface area contributed by atoms with Gasteiger partial charge in [-0.2, -0.15) is 0 Å². The van der Waals surface area contributed by atoms with Gasteiger partial charge >= 0.3 is 84.5 Å². The molecule has 0 amide bonds. The molecular formula is C42H108Cl2Cu5NbP5Se4+7. The Morgan fingerprint density at radius 1 is 0.305 bits per heavy atom. The summed E-state index contributed by atoms with van der Waals surface area (Å²) in [4.78, 5) is 0. The Labute approximate surface area is 498 Å². The second-order valence-electron chi connectivity index (χ2n) is 17.7. The van der Waals surface area contributed by atoms with Crippen molar-refractivity contribution in [2.24, 2.45) is 0 Å². The molecule has 0 bridgehead atoms. The molecule has 0 aliphatic heterocycles. The largest absolute Gasteiger partial charge is 0 e. The van der Waals surface area contributed by atoms with Crippen molar-refractivity contribution in [1.82, 2.24) is 0 Å². The molecule has 0 saturated heterocycles. The van der Waals surface area contributed by atoms with Crippen molar-refractivity contribution in [3.63, 3.8) is 0 Å². The summed E-state index contributed by atoms with van der Waals surface area (Å²) < 4.78 is 0. The van der Waals surface area contributed by atoms with Gasteiger partial charge in [0.1, 0.15) is 0 Å². The van der Waals surface area contributed by atoms with E-state index in [1.165, 1.54) is 18.5 Å². The quantitative estimate of drug-likeness (QED) is 0.113. The average molecular weight is 1570 g/mol. The van der Waals surface area contributed by atoms with E-state index in [2.05, 4.69) is 237 Å². The molecule has 0 aromatic heterocycles. The zero-order valence-corrected chi connectivity index (χ0v) is 63.8. The second kappa shape index (κ2) is 72.7. The summed E-state index contributed by atoms with van der Waals surface area (Å²) in [6.45, 7) is 63.7. The molecule has 392 valence electrons. The van der Waals surface area contributed by atoms with Gasteiger partial charge in [0.15, 0.2) is 0 Å². The number of hydrogen-bond donors (Lipinski definition) is 0. The van der Waals surface area contributed by atoms with Crippen LogP contribution in [0.3, 0.4) is 0 Å². The van der Waals surface area contributed by atoms with E-state index in [1.807, 2.05) is 0 Å². The second-order valence-corrected chi connectivity index (χ2v) is 39.1. The minimum Gasteiger partial charge on any atom is 0 e. The van der Waals surface area contributed by atoms with Crippen LogP contribution in [-0.2, 0) is 104 Å². The zero-order valence-electron chi connectivity index (χ0n) is 43.0. The van der Waals surface area contributed by atoms with E-state index in [0.29, 0.717) is 0 Å². The summed E-state index contributed by atoms with van der Waals surface area (Å²) in [6.07, 6.45) is 4.32. The molecule has 0 fully saturated rings. The molecule has 0 unspecified atom stereocenters. The molecule has 0 aromatic carbocycles. The fourth-order valence-corrected chi connectivity index (χ4v) is 25.6. The van der Waals surface area contributed by atoms with Crippen LogP contribution >= 0.6 is 39.6 Å². The molecule has 0 aliphatic carbocycles. The van der Waals surface area contributed by atoms with Gasteiger partial charge in [-0.1, -0.05) is 0 Å². The number of rotatable bonds is 15. The van der Waals surface area contributed by atoms with Crippen molar-refractivity contribution in [3.8, 4) is 0 Å². The first-order valence-electron chi connectivity index (χ1n) is 20.7. The maximum absolute atomic E-state index is 3.77. The van der Waals surface area contributed by atoms with Crippen molar-refractivity contribution >= 4 is 108 Å². The molecule has 0 heterocycles. The molecule has 0 atom stereocenters. The zero-order chi connectivity index (χ0) is 42.9. The van der Waals surface area contributed by atoms with E-state index in [9.17, 15) is 0 Å². The predicted molar refractivity (Wildman–Crippen MR) is 283 cm³/mol. The van der Waals surface area contributed by atoms with Crippen LogP contribution in [0.5, 0.6) is 0 Å². The maximum Gasteiger partial charge on any atom is 0 e. The summed E-state index contributed by atoms with van der Waals surface area (Å²) in [5, 5.41) is 0. The first-order chi connectivity index (χ1) is 23.2. The Hall–Kier alpha value is 8.15. The Morgan fingerprint density at radius 3 is 0.441 bits per heavy atom. The normalized spacial score (nSPS) is 10.0. The molecule has 17 heteroatoms. The summed E-state index contributed by atoms with van der Waals surface area (Å²) in [6, 6.07) is 0. The smallest absolute Gasteiger partial charge is 0 e. The van der Waals surface area contributed by atoms with Crippen LogP contribution in [-0.4, -0.2) is 155 Å². The van der Waals surface area contributed by atoms with Crippen LogP contribution in [0.15, 0.2) is 0 Å². The van der Waals surface area contributed by atoms with Gasteiger partial charge < -0.3 is 0 Å². The Balaban J connectivity index is -0.0000000299. The third-order valence-electron chi connectivity index (χ3n) is 9.62. The first-order valence-corrected chi connectivity index (χ1v) is 32.6. The van der Waals surface area contributed by atoms with Crippen LogP contribution in [0.25, 0.3) is 0 Å². The first kappa shape index (κ1) is 108. The minimum absolute atomic E-state index is 0. The van der Waals surface area contributed by atoms with Gasteiger partial charge in [0.05, 0.1) is 86.4 Å². The van der Waals surface area contributed by atoms with E-state index in [4.69, 9.17) is 0 Å². The van der Waals surface area contributed by atoms with Crippen molar-refractivity contribution < 1.29 is 124 Å². The standard InChI is InChI=1S/3C9H21P.C8H19P.C7H17P.2ClH.5Cu.Nb.2HSe.2Se/c3*1-7(2)10(8(3)4)9(5)6;1-6-9(7(2)3)8(4)5;1-5-8(6-2)7(3)4;;;;;;;;;;;;/h3*7-9H,1-6H3;7-8H,6H2,1-5H3;7H,5-6H2,1-4H3;2*1H;;;;;;;2*1H;;/q;;;;;;;;;;2*+1;;;;;/p+5. The molecule has 59 heavy (non-hydrogen) atoms. The Morgan fingerprint density at radius 2 is 0.441 bits per heavy atom. The summed E-state index contributed by atoms with van der Waals surface area (Å²) in [7, 11) is 7.05. The van der Waals surface area contributed by atoms with Crippen molar-refractivity contribution in [1.29, 1.82) is 0 Å². The van der Waals surface area contributed by atoms with Gasteiger partial charge in [0.2, 0.25) is 0 Å². The summed E-state index contributed by atoms with van der Waals surface area (Å²) in [5.41, 5.74) is 11.3. The van der Waals surface area contributed by atoms with Crippen LogP contribution in [0, 0.1) is 20.2 Å². The molecule has 0 rings (SSSR count). The van der Waals surface area contributed by atoms with Crippen LogP contribution in [0.1, 0.15) is 187 Å². The predicted octanol–water partition coefficient (Wildman–Crippen LogP) is 13.4. The van der Waals surface area contributed by atoms with Crippen molar-refractivity contribution in [3.05, 3.63) is 0 Å². The maximum atomic E-state index is 3.77. The van der Waals surface area contributed by atoms with E-state index in [-0.39, 0.29) is 181 Å². The van der Waals surface area contributed by atoms with Gasteiger partial charge in [0, 0.05) is 147 Å². The molecule has 0 spiro atoms. The van der Waals surface area contributed by atoms with E-state index < -0.39 is 0 Å². The van der Waals surface area contributed by atoms with E-state index >= 15 is 0 Å². The number of halogens is 2. The van der Waals surface area contributed by atoms with Gasteiger partial charge in [0.25, 0.3) is 0 Å². The van der Waals surface area contributed by atoms with Crippen LogP contribution in [0.2, 0.25) is 0 Å². The van der Waals surface area contributed by atoms with E-state index in [0.717, 1.165) is 67.9 Å². The van der Waals surface area contributed by atoms with Gasteiger partial charge in [-0.15, -0.1) is 0 Å². The minimum atomic E-state index is -0.0957. The molecule has 10 radical (unpaired) electrons. The molecule has 0 aromatic rings. The molecule has 0 saturated carbocycles. The van der Waals surface area contributed by atoms with Crippen LogP contribution in [0.4, 0.5) is 0 Å². The van der Waals surface area contributed by atoms with E-state index in [1.54, 1.807) is 0 Å². The van der Waals surface area contributed by atoms with Gasteiger partial charge in [-0.25, -0.2) is 0 Å². The molecular weight excluding hydrogens is 1460 g/mol. The average Bonchev–Trinajstić information content (AvgIpc) is 2.95. The molecule has 0 aliphatic rings. The molecule has 0 N–H and O–H groups in total. The topological polar surface area (TPSA) is 0 Å². The molecule has 0 nitrogen and oxygen atoms in total. The monoisotopic (exact) mass is 1560 g/mol.